The summed E-state index contributed by atoms with van der Waals surface area (Å²) < 4.78 is 27.4. The first-order valence-electron chi connectivity index (χ1n) is 6.37. The first-order chi connectivity index (χ1) is 9.96. The number of sulfonamides is 1. The van der Waals surface area contributed by atoms with Gasteiger partial charge in [0.15, 0.2) is 0 Å². The summed E-state index contributed by atoms with van der Waals surface area (Å²) >= 11 is 0. The van der Waals surface area contributed by atoms with Crippen LogP contribution in [0.25, 0.3) is 0 Å². The van der Waals surface area contributed by atoms with Gasteiger partial charge in [-0.3, -0.25) is 4.72 Å². The molecule has 21 heavy (non-hydrogen) atoms. The Morgan fingerprint density at radius 1 is 1.19 bits per heavy atom. The van der Waals surface area contributed by atoms with E-state index in [0.29, 0.717) is 28.9 Å². The molecule has 0 radical (unpaired) electrons. The Morgan fingerprint density at radius 2 is 1.86 bits per heavy atom. The van der Waals surface area contributed by atoms with Crippen molar-refractivity contribution in [1.29, 1.82) is 5.26 Å². The fourth-order valence-corrected chi connectivity index (χ4v) is 3.34. The van der Waals surface area contributed by atoms with Gasteiger partial charge in [-0.1, -0.05) is 13.0 Å². The lowest BCUT2D eigenvalue weighted by molar-refractivity contribution is 0.600. The molecule has 0 aliphatic heterocycles. The second-order valence-corrected chi connectivity index (χ2v) is 6.17. The van der Waals surface area contributed by atoms with E-state index in [9.17, 15) is 8.42 Å². The quantitative estimate of drug-likeness (QED) is 0.848. The van der Waals surface area contributed by atoms with Crippen molar-refractivity contribution in [3.63, 3.8) is 0 Å². The number of aryl methyl sites for hydroxylation is 1. The van der Waals surface area contributed by atoms with Crippen LogP contribution in [0.5, 0.6) is 0 Å². The van der Waals surface area contributed by atoms with E-state index in [1.54, 1.807) is 36.4 Å². The summed E-state index contributed by atoms with van der Waals surface area (Å²) in [6.45, 7) is 1.88. The number of nitrogens with one attached hydrogen (secondary N) is 1. The highest BCUT2D eigenvalue weighted by Crippen LogP contribution is 2.22. The van der Waals surface area contributed by atoms with Crippen molar-refractivity contribution >= 4 is 21.4 Å². The van der Waals surface area contributed by atoms with E-state index >= 15 is 0 Å². The number of benzene rings is 2. The minimum Gasteiger partial charge on any atom is -0.399 e. The smallest absolute Gasteiger partial charge is 0.262 e. The summed E-state index contributed by atoms with van der Waals surface area (Å²) in [5.74, 6) is 0. The Kier molecular flexibility index (Phi) is 4.15. The third-order valence-corrected chi connectivity index (χ3v) is 4.49. The molecule has 0 aromatic heterocycles. The maximum atomic E-state index is 12.5. The monoisotopic (exact) mass is 301 g/mol. The molecule has 0 spiro atoms. The SMILES string of the molecule is CCc1ccc(N)cc1S(=O)(=O)Nc1ccc(C#N)cc1. The highest BCUT2D eigenvalue weighted by Gasteiger charge is 2.18. The Labute approximate surface area is 124 Å². The van der Waals surface area contributed by atoms with Crippen molar-refractivity contribution in [3.8, 4) is 6.07 Å². The number of nitrogens with zero attached hydrogens (tertiary/aromatic N) is 1. The van der Waals surface area contributed by atoms with Gasteiger partial charge in [0.2, 0.25) is 0 Å². The van der Waals surface area contributed by atoms with Crippen LogP contribution in [0.3, 0.4) is 0 Å². The van der Waals surface area contributed by atoms with Crippen LogP contribution >= 0.6 is 0 Å². The third kappa shape index (κ3) is 3.33. The molecule has 0 unspecified atom stereocenters. The summed E-state index contributed by atoms with van der Waals surface area (Å²) in [5, 5.41) is 8.74. The van der Waals surface area contributed by atoms with Crippen molar-refractivity contribution in [2.45, 2.75) is 18.2 Å². The zero-order valence-electron chi connectivity index (χ0n) is 11.5. The lowest BCUT2D eigenvalue weighted by atomic mass is 10.1. The molecule has 108 valence electrons. The minimum absolute atomic E-state index is 0.175. The van der Waals surface area contributed by atoms with Crippen LogP contribution in [0.1, 0.15) is 18.1 Å². The van der Waals surface area contributed by atoms with Crippen molar-refractivity contribution in [1.82, 2.24) is 0 Å². The molecule has 0 bridgehead atoms. The molecule has 0 heterocycles. The van der Waals surface area contributed by atoms with Crippen molar-refractivity contribution < 1.29 is 8.42 Å². The zero-order valence-corrected chi connectivity index (χ0v) is 12.3. The summed E-state index contributed by atoms with van der Waals surface area (Å²) in [6, 6.07) is 13.0. The van der Waals surface area contributed by atoms with Crippen LogP contribution < -0.4 is 10.5 Å². The molecule has 0 aliphatic rings. The molecule has 0 saturated heterocycles. The third-order valence-electron chi connectivity index (χ3n) is 3.03. The van der Waals surface area contributed by atoms with Gasteiger partial charge in [-0.2, -0.15) is 5.26 Å². The highest BCUT2D eigenvalue weighted by atomic mass is 32.2. The lowest BCUT2D eigenvalue weighted by Crippen LogP contribution is -2.15. The maximum Gasteiger partial charge on any atom is 0.262 e. The van der Waals surface area contributed by atoms with Gasteiger partial charge in [0.05, 0.1) is 16.5 Å². The first kappa shape index (κ1) is 14.9. The number of nitrogen functional groups attached to an aromatic ring is 1. The Bertz CT molecular complexity index is 791. The standard InChI is InChI=1S/C15H15N3O2S/c1-2-12-5-6-13(17)9-15(12)21(19,20)18-14-7-3-11(10-16)4-8-14/h3-9,18H,2,17H2,1H3. The molecule has 2 aromatic carbocycles. The molecule has 2 aromatic rings. The van der Waals surface area contributed by atoms with Gasteiger partial charge in [-0.25, -0.2) is 8.42 Å². The Balaban J connectivity index is 2.38. The number of hydrogen-bond donors (Lipinski definition) is 2. The van der Waals surface area contributed by atoms with Crippen LogP contribution in [0, 0.1) is 11.3 Å². The molecule has 5 nitrogen and oxygen atoms in total. The summed E-state index contributed by atoms with van der Waals surface area (Å²) in [7, 11) is -3.71. The summed E-state index contributed by atoms with van der Waals surface area (Å²) in [6.07, 6.45) is 0.587. The number of anilines is 2. The molecular formula is C15H15N3O2S. The second kappa shape index (κ2) is 5.85. The van der Waals surface area contributed by atoms with E-state index in [1.165, 1.54) is 6.07 Å². The van der Waals surface area contributed by atoms with E-state index in [2.05, 4.69) is 4.72 Å². The van der Waals surface area contributed by atoms with Crippen molar-refractivity contribution in [2.24, 2.45) is 0 Å². The van der Waals surface area contributed by atoms with Gasteiger partial charge >= 0.3 is 0 Å². The van der Waals surface area contributed by atoms with Crippen LogP contribution in [0.15, 0.2) is 47.4 Å². The average Bonchev–Trinajstić information content (AvgIpc) is 2.47. The van der Waals surface area contributed by atoms with Crippen LogP contribution in [0.4, 0.5) is 11.4 Å². The number of rotatable bonds is 4. The van der Waals surface area contributed by atoms with Gasteiger partial charge in [-0.05, 0) is 48.4 Å². The normalized spacial score (nSPS) is 10.9. The van der Waals surface area contributed by atoms with Gasteiger partial charge < -0.3 is 5.73 Å². The molecule has 0 atom stereocenters. The molecule has 6 heteroatoms. The van der Waals surface area contributed by atoms with E-state index in [1.807, 2.05) is 13.0 Å². The van der Waals surface area contributed by atoms with Crippen LogP contribution in [-0.4, -0.2) is 8.42 Å². The van der Waals surface area contributed by atoms with E-state index in [0.717, 1.165) is 0 Å². The molecule has 0 fully saturated rings. The number of nitrogens with two attached hydrogens (primary N) is 1. The molecule has 3 N–H and O–H groups in total. The number of nitriles is 1. The van der Waals surface area contributed by atoms with Gasteiger partial charge in [-0.15, -0.1) is 0 Å². The van der Waals surface area contributed by atoms with Crippen molar-refractivity contribution in [3.05, 3.63) is 53.6 Å². The van der Waals surface area contributed by atoms with Crippen molar-refractivity contribution in [2.75, 3.05) is 10.5 Å². The fraction of sp³-hybridized carbons (Fsp3) is 0.133. The second-order valence-electron chi connectivity index (χ2n) is 4.52. The van der Waals surface area contributed by atoms with E-state index < -0.39 is 10.0 Å². The Hall–Kier alpha value is -2.52. The fourth-order valence-electron chi connectivity index (χ4n) is 1.94. The highest BCUT2D eigenvalue weighted by molar-refractivity contribution is 7.92. The largest absolute Gasteiger partial charge is 0.399 e. The zero-order chi connectivity index (χ0) is 15.5. The van der Waals surface area contributed by atoms with Crippen LogP contribution in [-0.2, 0) is 16.4 Å². The van der Waals surface area contributed by atoms with E-state index in [4.69, 9.17) is 11.0 Å². The van der Waals surface area contributed by atoms with Gasteiger partial charge in [0.1, 0.15) is 0 Å². The predicted molar refractivity (Wildman–Crippen MR) is 82.2 cm³/mol. The maximum absolute atomic E-state index is 12.5. The molecular weight excluding hydrogens is 286 g/mol. The Morgan fingerprint density at radius 3 is 2.43 bits per heavy atom. The predicted octanol–water partition coefficient (Wildman–Crippen LogP) is 2.50. The average molecular weight is 301 g/mol. The minimum atomic E-state index is -3.71. The summed E-state index contributed by atoms with van der Waals surface area (Å²) in [4.78, 5) is 0.175. The van der Waals surface area contributed by atoms with Crippen LogP contribution in [0.2, 0.25) is 0 Å². The van der Waals surface area contributed by atoms with Gasteiger partial charge in [0, 0.05) is 11.4 Å². The molecule has 0 amide bonds. The molecule has 0 saturated carbocycles. The lowest BCUT2D eigenvalue weighted by Gasteiger charge is -2.12. The molecule has 0 aliphatic carbocycles. The summed E-state index contributed by atoms with van der Waals surface area (Å²) in [5.41, 5.74) is 7.65. The van der Waals surface area contributed by atoms with E-state index in [-0.39, 0.29) is 4.90 Å². The molecule has 2 rings (SSSR count). The topological polar surface area (TPSA) is 96.0 Å². The van der Waals surface area contributed by atoms with Gasteiger partial charge in [0.25, 0.3) is 10.0 Å². The first-order valence-corrected chi connectivity index (χ1v) is 7.86. The number of hydrogen-bond acceptors (Lipinski definition) is 4.